The summed E-state index contributed by atoms with van der Waals surface area (Å²) >= 11 is 0. The summed E-state index contributed by atoms with van der Waals surface area (Å²) in [5, 5.41) is 3.44. The van der Waals surface area contributed by atoms with Gasteiger partial charge in [-0.1, -0.05) is 12.5 Å². The van der Waals surface area contributed by atoms with Crippen LogP contribution in [-0.2, 0) is 11.2 Å². The summed E-state index contributed by atoms with van der Waals surface area (Å²) in [5.41, 5.74) is 0.913. The number of hydrogen-bond donors (Lipinski definition) is 1. The van der Waals surface area contributed by atoms with Gasteiger partial charge in [-0.3, -0.25) is 14.7 Å². The molecule has 0 spiro atoms. The van der Waals surface area contributed by atoms with E-state index < -0.39 is 0 Å². The van der Waals surface area contributed by atoms with Crippen LogP contribution >= 0.6 is 0 Å². The first kappa shape index (κ1) is 19.3. The molecule has 0 radical (unpaired) electrons. The number of pyridine rings is 1. The Morgan fingerprint density at radius 1 is 1.15 bits per heavy atom. The predicted octanol–water partition coefficient (Wildman–Crippen LogP) is 2.47. The second kappa shape index (κ2) is 8.96. The lowest BCUT2D eigenvalue weighted by atomic mass is 9.82. The van der Waals surface area contributed by atoms with Crippen LogP contribution in [0.25, 0.3) is 0 Å². The van der Waals surface area contributed by atoms with Crippen molar-refractivity contribution < 1.29 is 4.79 Å². The fourth-order valence-electron chi connectivity index (χ4n) is 4.32. The molecule has 5 heteroatoms. The highest BCUT2D eigenvalue weighted by molar-refractivity contribution is 5.79. The van der Waals surface area contributed by atoms with Gasteiger partial charge in [0.2, 0.25) is 5.91 Å². The highest BCUT2D eigenvalue weighted by atomic mass is 16.2. The lowest BCUT2D eigenvalue weighted by Gasteiger charge is -2.44. The van der Waals surface area contributed by atoms with Gasteiger partial charge in [0.05, 0.1) is 6.54 Å². The van der Waals surface area contributed by atoms with E-state index in [1.165, 1.54) is 19.3 Å². The molecule has 26 heavy (non-hydrogen) atoms. The van der Waals surface area contributed by atoms with Crippen LogP contribution in [0.2, 0.25) is 0 Å². The van der Waals surface area contributed by atoms with E-state index in [-0.39, 0.29) is 11.4 Å². The van der Waals surface area contributed by atoms with E-state index in [2.05, 4.69) is 40.0 Å². The summed E-state index contributed by atoms with van der Waals surface area (Å²) in [4.78, 5) is 22.1. The fraction of sp³-hybridized carbons (Fsp3) is 0.714. The molecule has 0 atom stereocenters. The number of rotatable bonds is 6. The van der Waals surface area contributed by atoms with Crippen molar-refractivity contribution in [3.63, 3.8) is 0 Å². The molecule has 0 aliphatic carbocycles. The summed E-state index contributed by atoms with van der Waals surface area (Å²) in [7, 11) is 0. The normalized spacial score (nSPS) is 21.7. The molecule has 3 heterocycles. The van der Waals surface area contributed by atoms with Crippen LogP contribution in [-0.4, -0.2) is 65.0 Å². The van der Waals surface area contributed by atoms with Gasteiger partial charge >= 0.3 is 0 Å². The molecule has 0 bridgehead atoms. The van der Waals surface area contributed by atoms with Crippen LogP contribution in [0.3, 0.4) is 0 Å². The number of nitrogens with zero attached hydrogens (tertiary/aromatic N) is 3. The minimum Gasteiger partial charge on any atom is -0.349 e. The van der Waals surface area contributed by atoms with E-state index in [4.69, 9.17) is 0 Å². The highest BCUT2D eigenvalue weighted by Crippen LogP contribution is 2.27. The summed E-state index contributed by atoms with van der Waals surface area (Å²) in [5.74, 6) is 0.181. The average Bonchev–Trinajstić information content (AvgIpc) is 2.63. The lowest BCUT2D eigenvalue weighted by molar-refractivity contribution is -0.125. The minimum absolute atomic E-state index is 0.160. The van der Waals surface area contributed by atoms with Crippen molar-refractivity contribution in [2.75, 3.05) is 32.7 Å². The Hall–Kier alpha value is -1.46. The van der Waals surface area contributed by atoms with Gasteiger partial charge in [-0.15, -0.1) is 0 Å². The summed E-state index contributed by atoms with van der Waals surface area (Å²) in [6, 6.07) is 6.63. The van der Waals surface area contributed by atoms with Gasteiger partial charge in [-0.2, -0.15) is 0 Å². The van der Waals surface area contributed by atoms with E-state index in [1.54, 1.807) is 0 Å². The summed E-state index contributed by atoms with van der Waals surface area (Å²) in [6.45, 7) is 9.23. The Labute approximate surface area is 158 Å². The molecular formula is C21H34N4O. The molecule has 2 fully saturated rings. The van der Waals surface area contributed by atoms with Crippen LogP contribution in [0.15, 0.2) is 24.4 Å². The first-order chi connectivity index (χ1) is 12.6. The molecule has 2 saturated heterocycles. The predicted molar refractivity (Wildman–Crippen MR) is 105 cm³/mol. The van der Waals surface area contributed by atoms with Crippen molar-refractivity contribution in [2.24, 2.45) is 0 Å². The van der Waals surface area contributed by atoms with E-state index in [0.717, 1.165) is 51.1 Å². The van der Waals surface area contributed by atoms with Crippen molar-refractivity contribution in [2.45, 2.75) is 64.0 Å². The third kappa shape index (κ3) is 5.27. The maximum absolute atomic E-state index is 12.8. The van der Waals surface area contributed by atoms with Crippen LogP contribution in [0.5, 0.6) is 0 Å². The number of carbonyl (C=O) groups excluding carboxylic acids is 1. The third-order valence-electron chi connectivity index (χ3n) is 5.95. The van der Waals surface area contributed by atoms with Gasteiger partial charge in [0, 0.05) is 43.0 Å². The number of aromatic nitrogens is 1. The molecule has 2 aliphatic rings. The number of hydrogen-bond acceptors (Lipinski definition) is 4. The van der Waals surface area contributed by atoms with Gasteiger partial charge in [-0.05, 0) is 64.8 Å². The first-order valence-corrected chi connectivity index (χ1v) is 10.2. The highest BCUT2D eigenvalue weighted by Gasteiger charge is 2.37. The Kier molecular flexibility index (Phi) is 6.65. The molecule has 1 N–H and O–H groups in total. The van der Waals surface area contributed by atoms with Crippen LogP contribution < -0.4 is 5.32 Å². The zero-order valence-corrected chi connectivity index (χ0v) is 16.4. The van der Waals surface area contributed by atoms with E-state index in [0.29, 0.717) is 12.6 Å². The molecule has 1 aromatic rings. The maximum Gasteiger partial charge on any atom is 0.234 e. The van der Waals surface area contributed by atoms with E-state index in [9.17, 15) is 4.79 Å². The van der Waals surface area contributed by atoms with Crippen molar-refractivity contribution >= 4 is 5.91 Å². The molecule has 0 aromatic carbocycles. The standard InChI is InChI=1S/C21H34N4O/c1-18(2)25-14-9-21(10-15-25,16-19-8-4-5-11-22-19)23-20(26)17-24-12-6-3-7-13-24/h4-5,8,11,18H,3,6-7,9-10,12-17H2,1-2H3,(H,23,26). The smallest absolute Gasteiger partial charge is 0.234 e. The van der Waals surface area contributed by atoms with Crippen molar-refractivity contribution in [3.05, 3.63) is 30.1 Å². The topological polar surface area (TPSA) is 48.5 Å². The third-order valence-corrected chi connectivity index (χ3v) is 5.95. The van der Waals surface area contributed by atoms with E-state index >= 15 is 0 Å². The molecule has 1 aromatic heterocycles. The number of nitrogens with one attached hydrogen (secondary N) is 1. The quantitative estimate of drug-likeness (QED) is 0.849. The lowest BCUT2D eigenvalue weighted by Crippen LogP contribution is -2.59. The van der Waals surface area contributed by atoms with Crippen LogP contribution in [0.4, 0.5) is 0 Å². The van der Waals surface area contributed by atoms with Crippen molar-refractivity contribution in [1.29, 1.82) is 0 Å². The fourth-order valence-corrected chi connectivity index (χ4v) is 4.32. The van der Waals surface area contributed by atoms with E-state index in [1.807, 2.05) is 18.3 Å². The van der Waals surface area contributed by atoms with Crippen molar-refractivity contribution in [1.82, 2.24) is 20.1 Å². The Balaban J connectivity index is 1.65. The second-order valence-electron chi connectivity index (χ2n) is 8.29. The first-order valence-electron chi connectivity index (χ1n) is 10.2. The summed E-state index contributed by atoms with van der Waals surface area (Å²) < 4.78 is 0. The number of carbonyl (C=O) groups is 1. The Morgan fingerprint density at radius 3 is 2.50 bits per heavy atom. The van der Waals surface area contributed by atoms with Gasteiger partial charge in [0.25, 0.3) is 0 Å². The zero-order chi connectivity index (χ0) is 18.4. The molecule has 144 valence electrons. The molecule has 3 rings (SSSR count). The molecule has 0 saturated carbocycles. The molecule has 0 unspecified atom stereocenters. The van der Waals surface area contributed by atoms with Crippen LogP contribution in [0, 0.1) is 0 Å². The number of piperidine rings is 2. The minimum atomic E-state index is -0.160. The largest absolute Gasteiger partial charge is 0.349 e. The SMILES string of the molecule is CC(C)N1CCC(Cc2ccccn2)(NC(=O)CN2CCCCC2)CC1. The maximum atomic E-state index is 12.8. The average molecular weight is 359 g/mol. The van der Waals surface area contributed by atoms with Gasteiger partial charge < -0.3 is 10.2 Å². The monoisotopic (exact) mass is 358 g/mol. The molecular weight excluding hydrogens is 324 g/mol. The molecule has 5 nitrogen and oxygen atoms in total. The summed E-state index contributed by atoms with van der Waals surface area (Å²) in [6.07, 6.45) is 8.40. The Bertz CT molecular complexity index is 561. The zero-order valence-electron chi connectivity index (χ0n) is 16.4. The number of amides is 1. The van der Waals surface area contributed by atoms with Gasteiger partial charge in [-0.25, -0.2) is 0 Å². The van der Waals surface area contributed by atoms with Crippen molar-refractivity contribution in [3.8, 4) is 0 Å². The molecule has 1 amide bonds. The second-order valence-corrected chi connectivity index (χ2v) is 8.29. The van der Waals surface area contributed by atoms with Gasteiger partial charge in [0.15, 0.2) is 0 Å². The number of likely N-dealkylation sites (tertiary alicyclic amines) is 2. The Morgan fingerprint density at radius 2 is 1.88 bits per heavy atom. The van der Waals surface area contributed by atoms with Crippen LogP contribution in [0.1, 0.15) is 51.6 Å². The van der Waals surface area contributed by atoms with Gasteiger partial charge in [0.1, 0.15) is 0 Å². The molecule has 2 aliphatic heterocycles.